The fourth-order valence-electron chi connectivity index (χ4n) is 3.81. The van der Waals surface area contributed by atoms with Crippen LogP contribution in [0.15, 0.2) is 36.8 Å². The van der Waals surface area contributed by atoms with E-state index in [4.69, 9.17) is 0 Å². The van der Waals surface area contributed by atoms with Gasteiger partial charge in [-0.15, -0.1) is 10.2 Å². The van der Waals surface area contributed by atoms with E-state index in [0.29, 0.717) is 6.54 Å². The van der Waals surface area contributed by atoms with Crippen molar-refractivity contribution in [2.24, 2.45) is 0 Å². The molecule has 0 aromatic carbocycles. The number of likely N-dealkylation sites (tertiary alicyclic amines) is 1. The van der Waals surface area contributed by atoms with Crippen molar-refractivity contribution in [3.63, 3.8) is 0 Å². The Balaban J connectivity index is 1.44. The Hall–Kier alpha value is -2.90. The van der Waals surface area contributed by atoms with Crippen LogP contribution in [0.2, 0.25) is 0 Å². The molecule has 0 radical (unpaired) electrons. The van der Waals surface area contributed by atoms with Crippen LogP contribution in [-0.4, -0.2) is 48.2 Å². The first-order chi connectivity index (χ1) is 13.2. The van der Waals surface area contributed by atoms with Crippen molar-refractivity contribution in [1.29, 1.82) is 0 Å². The first kappa shape index (κ1) is 17.5. The van der Waals surface area contributed by atoms with Gasteiger partial charge in [0.1, 0.15) is 5.82 Å². The van der Waals surface area contributed by atoms with Gasteiger partial charge in [0.15, 0.2) is 11.5 Å². The third kappa shape index (κ3) is 3.39. The molecule has 0 bridgehead atoms. The molecule has 0 spiro atoms. The molecule has 0 saturated carbocycles. The molecular formula is C19H25N7O. The smallest absolute Gasteiger partial charge is 0.318 e. The van der Waals surface area contributed by atoms with E-state index in [1.165, 1.54) is 0 Å². The van der Waals surface area contributed by atoms with Gasteiger partial charge in [-0.1, -0.05) is 13.0 Å². The van der Waals surface area contributed by atoms with Crippen LogP contribution in [-0.2, 0) is 6.42 Å². The van der Waals surface area contributed by atoms with Gasteiger partial charge in [-0.3, -0.25) is 4.40 Å². The van der Waals surface area contributed by atoms with Crippen LogP contribution in [0.3, 0.4) is 0 Å². The summed E-state index contributed by atoms with van der Waals surface area (Å²) in [5, 5.41) is 11.5. The zero-order chi connectivity index (χ0) is 18.8. The van der Waals surface area contributed by atoms with E-state index in [0.717, 1.165) is 43.1 Å². The molecule has 4 rings (SSSR count). The zero-order valence-corrected chi connectivity index (χ0v) is 15.7. The molecule has 27 heavy (non-hydrogen) atoms. The molecule has 2 unspecified atom stereocenters. The van der Waals surface area contributed by atoms with Crippen molar-refractivity contribution in [3.8, 4) is 0 Å². The number of amides is 2. The molecule has 3 aromatic rings. The van der Waals surface area contributed by atoms with Crippen molar-refractivity contribution in [2.45, 2.75) is 45.2 Å². The van der Waals surface area contributed by atoms with Crippen molar-refractivity contribution in [2.75, 3.05) is 13.1 Å². The van der Waals surface area contributed by atoms with Crippen LogP contribution in [0.4, 0.5) is 4.79 Å². The van der Waals surface area contributed by atoms with E-state index in [-0.39, 0.29) is 18.1 Å². The molecule has 1 fully saturated rings. The monoisotopic (exact) mass is 367 g/mol. The minimum absolute atomic E-state index is 0.0574. The number of nitrogens with one attached hydrogen (secondary N) is 1. The second-order valence-corrected chi connectivity index (χ2v) is 7.00. The van der Waals surface area contributed by atoms with Gasteiger partial charge < -0.3 is 14.8 Å². The summed E-state index contributed by atoms with van der Waals surface area (Å²) in [7, 11) is 0. The Bertz CT molecular complexity index is 931. The van der Waals surface area contributed by atoms with E-state index in [1.807, 2.05) is 53.0 Å². The molecule has 142 valence electrons. The number of imidazole rings is 1. The van der Waals surface area contributed by atoms with Gasteiger partial charge in [-0.25, -0.2) is 9.78 Å². The second-order valence-electron chi connectivity index (χ2n) is 7.00. The van der Waals surface area contributed by atoms with Gasteiger partial charge >= 0.3 is 6.03 Å². The average molecular weight is 367 g/mol. The Morgan fingerprint density at radius 1 is 1.33 bits per heavy atom. The van der Waals surface area contributed by atoms with E-state index < -0.39 is 0 Å². The first-order valence-corrected chi connectivity index (χ1v) is 9.54. The molecule has 2 amide bonds. The average Bonchev–Trinajstić information content (AvgIpc) is 3.34. The molecule has 1 N–H and O–H groups in total. The number of rotatable bonds is 4. The number of hydrogen-bond acceptors (Lipinski definition) is 4. The summed E-state index contributed by atoms with van der Waals surface area (Å²) < 4.78 is 4.12. The Morgan fingerprint density at radius 2 is 2.22 bits per heavy atom. The number of aromatic nitrogens is 5. The number of nitrogens with zero attached hydrogens (tertiary/aromatic N) is 6. The molecule has 1 saturated heterocycles. The van der Waals surface area contributed by atoms with E-state index in [2.05, 4.69) is 32.0 Å². The summed E-state index contributed by atoms with van der Waals surface area (Å²) in [6.07, 6.45) is 8.73. The lowest BCUT2D eigenvalue weighted by Gasteiger charge is -2.34. The highest BCUT2D eigenvalue weighted by atomic mass is 16.2. The summed E-state index contributed by atoms with van der Waals surface area (Å²) >= 11 is 0. The lowest BCUT2D eigenvalue weighted by atomic mass is 10.1. The first-order valence-electron chi connectivity index (χ1n) is 9.54. The quantitative estimate of drug-likeness (QED) is 0.769. The molecule has 3 aromatic heterocycles. The molecular weight excluding hydrogens is 342 g/mol. The Morgan fingerprint density at radius 3 is 3.07 bits per heavy atom. The minimum Gasteiger partial charge on any atom is -0.330 e. The van der Waals surface area contributed by atoms with Gasteiger partial charge in [0.05, 0.1) is 12.1 Å². The molecule has 2 atom stereocenters. The number of carbonyl (C=O) groups excluding carboxylic acids is 1. The molecule has 8 heteroatoms. The summed E-state index contributed by atoms with van der Waals surface area (Å²) in [6.45, 7) is 5.51. The Labute approximate surface area is 158 Å². The third-order valence-electron chi connectivity index (χ3n) is 5.21. The summed E-state index contributed by atoms with van der Waals surface area (Å²) in [4.78, 5) is 19.2. The maximum absolute atomic E-state index is 12.8. The number of hydrogen-bond donors (Lipinski definition) is 1. The normalized spacial score (nSPS) is 18.6. The predicted molar refractivity (Wildman–Crippen MR) is 101 cm³/mol. The highest BCUT2D eigenvalue weighted by Gasteiger charge is 2.27. The van der Waals surface area contributed by atoms with Crippen LogP contribution in [0.5, 0.6) is 0 Å². The minimum atomic E-state index is -0.227. The number of aryl methyl sites for hydroxylation is 1. The van der Waals surface area contributed by atoms with Gasteiger partial charge in [-0.2, -0.15) is 0 Å². The maximum Gasteiger partial charge on any atom is 0.318 e. The maximum atomic E-state index is 12.8. The summed E-state index contributed by atoms with van der Waals surface area (Å²) in [6, 6.07) is 5.75. The highest BCUT2D eigenvalue weighted by molar-refractivity contribution is 5.74. The topological polar surface area (TPSA) is 80.3 Å². The lowest BCUT2D eigenvalue weighted by molar-refractivity contribution is 0.163. The van der Waals surface area contributed by atoms with E-state index in [9.17, 15) is 4.79 Å². The molecule has 0 aliphatic carbocycles. The molecule has 8 nitrogen and oxygen atoms in total. The van der Waals surface area contributed by atoms with Gasteiger partial charge in [0, 0.05) is 38.1 Å². The molecule has 1 aliphatic rings. The highest BCUT2D eigenvalue weighted by Crippen LogP contribution is 2.23. The summed E-state index contributed by atoms with van der Waals surface area (Å²) in [5.74, 6) is 1.81. The number of pyridine rings is 1. The Kier molecular flexibility index (Phi) is 4.79. The number of urea groups is 1. The zero-order valence-electron chi connectivity index (χ0n) is 15.7. The van der Waals surface area contributed by atoms with Gasteiger partial charge in [0.2, 0.25) is 0 Å². The van der Waals surface area contributed by atoms with Crippen molar-refractivity contribution in [1.82, 2.24) is 34.4 Å². The van der Waals surface area contributed by atoms with Gasteiger partial charge in [-0.05, 0) is 31.9 Å². The second kappa shape index (κ2) is 7.38. The molecule has 4 heterocycles. The summed E-state index contributed by atoms with van der Waals surface area (Å²) in [5.41, 5.74) is 0.777. The third-order valence-corrected chi connectivity index (χ3v) is 5.21. The molecule has 1 aliphatic heterocycles. The SMILES string of the molecule is CCc1nccn1C1CCCN(C(=O)NC(C)c2nnc3ccccn23)C1. The van der Waals surface area contributed by atoms with Crippen LogP contribution in [0, 0.1) is 0 Å². The van der Waals surface area contributed by atoms with Gasteiger partial charge in [0.25, 0.3) is 0 Å². The standard InChI is InChI=1S/C19H25N7O/c1-3-16-20-9-12-25(16)15-7-6-10-24(13-15)19(27)21-14(2)18-23-22-17-8-4-5-11-26(17)18/h4-5,8-9,11-12,14-15H,3,6-7,10,13H2,1-2H3,(H,21,27). The van der Waals surface area contributed by atoms with E-state index in [1.54, 1.807) is 0 Å². The van der Waals surface area contributed by atoms with Crippen molar-refractivity contribution in [3.05, 3.63) is 48.4 Å². The van der Waals surface area contributed by atoms with Crippen LogP contribution in [0.1, 0.15) is 50.4 Å². The number of fused-ring (bicyclic) bond motifs is 1. The lowest BCUT2D eigenvalue weighted by Crippen LogP contribution is -2.46. The van der Waals surface area contributed by atoms with Crippen molar-refractivity contribution < 1.29 is 4.79 Å². The van der Waals surface area contributed by atoms with Crippen LogP contribution in [0.25, 0.3) is 5.65 Å². The van der Waals surface area contributed by atoms with Crippen molar-refractivity contribution >= 4 is 11.7 Å². The predicted octanol–water partition coefficient (Wildman–Crippen LogP) is 2.60. The van der Waals surface area contributed by atoms with E-state index >= 15 is 0 Å². The van der Waals surface area contributed by atoms with Crippen LogP contribution >= 0.6 is 0 Å². The van der Waals surface area contributed by atoms with Crippen LogP contribution < -0.4 is 5.32 Å². The fraction of sp³-hybridized carbons (Fsp3) is 0.474. The largest absolute Gasteiger partial charge is 0.330 e. The number of piperidine rings is 1. The number of carbonyl (C=O) groups is 1. The fourth-order valence-corrected chi connectivity index (χ4v) is 3.81.